The first-order valence-corrected chi connectivity index (χ1v) is 10.4. The van der Waals surface area contributed by atoms with Crippen molar-refractivity contribution in [3.05, 3.63) is 97.1 Å². The van der Waals surface area contributed by atoms with Gasteiger partial charge in [0, 0.05) is 6.42 Å². The number of rotatable bonds is 14. The highest BCUT2D eigenvalue weighted by Gasteiger charge is 2.20. The van der Waals surface area contributed by atoms with Crippen LogP contribution in [0.2, 0.25) is 0 Å². The lowest BCUT2D eigenvalue weighted by Crippen LogP contribution is -2.29. The predicted molar refractivity (Wildman–Crippen MR) is 120 cm³/mol. The van der Waals surface area contributed by atoms with E-state index in [0.29, 0.717) is 26.1 Å². The smallest absolute Gasteiger partial charge is 0.306 e. The highest BCUT2D eigenvalue weighted by Crippen LogP contribution is 2.15. The lowest BCUT2D eigenvalue weighted by atomic mass is 10.1. The number of carbonyl (C=O) groups is 1. The molecular weight excluding hydrogens is 376 g/mol. The quantitative estimate of drug-likeness (QED) is 0.300. The number of hydrogen-bond donors (Lipinski definition) is 0. The molecule has 160 valence electrons. The second-order valence-electron chi connectivity index (χ2n) is 7.17. The lowest BCUT2D eigenvalue weighted by Gasteiger charge is -2.22. The van der Waals surface area contributed by atoms with Gasteiger partial charge in [0.05, 0.1) is 19.3 Å². The molecule has 2 aromatic rings. The molecule has 0 aliphatic carbocycles. The molecule has 0 heterocycles. The van der Waals surface area contributed by atoms with Crippen LogP contribution in [0.15, 0.2) is 86.0 Å². The van der Waals surface area contributed by atoms with Crippen molar-refractivity contribution >= 4 is 5.97 Å². The predicted octanol–water partition coefficient (Wildman–Crippen LogP) is 5.63. The Hall–Kier alpha value is -2.69. The van der Waals surface area contributed by atoms with Gasteiger partial charge in [-0.1, -0.05) is 72.8 Å². The highest BCUT2D eigenvalue weighted by molar-refractivity contribution is 5.69. The lowest BCUT2D eigenvalue weighted by molar-refractivity contribution is -0.155. The Morgan fingerprint density at radius 1 is 0.933 bits per heavy atom. The van der Waals surface area contributed by atoms with Crippen LogP contribution in [0.5, 0.6) is 0 Å². The minimum absolute atomic E-state index is 0.0740. The molecule has 0 aromatic heterocycles. The second kappa shape index (κ2) is 13.5. The van der Waals surface area contributed by atoms with Crippen molar-refractivity contribution in [1.29, 1.82) is 0 Å². The molecule has 0 spiro atoms. The van der Waals surface area contributed by atoms with E-state index in [1.807, 2.05) is 73.7 Å². The maximum absolute atomic E-state index is 12.3. The zero-order valence-corrected chi connectivity index (χ0v) is 17.7. The first-order chi connectivity index (χ1) is 14.6. The van der Waals surface area contributed by atoms with Gasteiger partial charge in [0.1, 0.15) is 12.2 Å². The molecule has 0 fully saturated rings. The van der Waals surface area contributed by atoms with Gasteiger partial charge in [0.15, 0.2) is 0 Å². The van der Waals surface area contributed by atoms with Gasteiger partial charge >= 0.3 is 5.97 Å². The summed E-state index contributed by atoms with van der Waals surface area (Å²) in [6.07, 6.45) is 4.17. The molecule has 4 heteroatoms. The zero-order valence-electron chi connectivity index (χ0n) is 17.7. The monoisotopic (exact) mass is 408 g/mol. The summed E-state index contributed by atoms with van der Waals surface area (Å²) >= 11 is 0. The molecule has 0 unspecified atom stereocenters. The number of esters is 1. The Balaban J connectivity index is 1.75. The minimum atomic E-state index is -0.415. The number of hydrogen-bond acceptors (Lipinski definition) is 4. The molecule has 0 aliphatic heterocycles. The van der Waals surface area contributed by atoms with E-state index in [4.69, 9.17) is 14.2 Å². The minimum Gasteiger partial charge on any atom is -0.460 e. The molecule has 2 rings (SSSR count). The van der Waals surface area contributed by atoms with E-state index in [0.717, 1.165) is 11.1 Å². The Morgan fingerprint density at radius 2 is 1.50 bits per heavy atom. The van der Waals surface area contributed by atoms with Crippen LogP contribution in [-0.4, -0.2) is 24.3 Å². The first-order valence-electron chi connectivity index (χ1n) is 10.4. The van der Waals surface area contributed by atoms with Crippen molar-refractivity contribution in [2.75, 3.05) is 0 Å². The van der Waals surface area contributed by atoms with Crippen LogP contribution in [-0.2, 0) is 32.2 Å². The third-order valence-electron chi connectivity index (χ3n) is 4.73. The Labute approximate surface area is 180 Å². The summed E-state index contributed by atoms with van der Waals surface area (Å²) in [6.45, 7) is 10.4. The van der Waals surface area contributed by atoms with Crippen molar-refractivity contribution in [2.24, 2.45) is 0 Å². The summed E-state index contributed by atoms with van der Waals surface area (Å²) in [5, 5.41) is 0. The summed E-state index contributed by atoms with van der Waals surface area (Å²) in [5.41, 5.74) is 2.16. The molecule has 0 bridgehead atoms. The summed E-state index contributed by atoms with van der Waals surface area (Å²) in [5.74, 6) is -0.268. The van der Waals surface area contributed by atoms with Gasteiger partial charge in [0.2, 0.25) is 0 Å². The number of carbonyl (C=O) groups excluding carboxylic acids is 1. The molecule has 0 radical (unpaired) electrons. The van der Waals surface area contributed by atoms with Crippen molar-refractivity contribution in [2.45, 2.75) is 57.7 Å². The van der Waals surface area contributed by atoms with Crippen LogP contribution in [0, 0.1) is 0 Å². The van der Waals surface area contributed by atoms with Gasteiger partial charge in [-0.25, -0.2) is 0 Å². The van der Waals surface area contributed by atoms with E-state index in [1.54, 1.807) is 6.08 Å². The zero-order chi connectivity index (χ0) is 21.6. The molecule has 4 nitrogen and oxygen atoms in total. The van der Waals surface area contributed by atoms with E-state index in [9.17, 15) is 4.79 Å². The van der Waals surface area contributed by atoms with Gasteiger partial charge in [-0.2, -0.15) is 0 Å². The van der Waals surface area contributed by atoms with Crippen LogP contribution in [0.1, 0.15) is 37.3 Å². The molecule has 0 amide bonds. The van der Waals surface area contributed by atoms with Gasteiger partial charge in [-0.05, 0) is 30.9 Å². The summed E-state index contributed by atoms with van der Waals surface area (Å²) < 4.78 is 17.4. The van der Waals surface area contributed by atoms with Crippen LogP contribution in [0.4, 0.5) is 0 Å². The summed E-state index contributed by atoms with van der Waals surface area (Å²) in [7, 11) is 0. The summed E-state index contributed by atoms with van der Waals surface area (Å²) in [4.78, 5) is 12.3. The molecule has 3 atom stereocenters. The van der Waals surface area contributed by atoms with Crippen molar-refractivity contribution in [3.8, 4) is 0 Å². The van der Waals surface area contributed by atoms with Gasteiger partial charge in [0.25, 0.3) is 0 Å². The standard InChI is InChI=1S/C26H32O4/c1-4-12-24(28-19-22-13-8-6-9-14-22)17-18-26(27)30-21(3)25(5-2)29-20-23-15-10-7-11-16-23/h4-11,13-16,21,24-25H,1-2,12,17-20H2,3H3/t21-,24-,25-/m1/s1. The highest BCUT2D eigenvalue weighted by atomic mass is 16.6. The second-order valence-corrected chi connectivity index (χ2v) is 7.17. The van der Waals surface area contributed by atoms with E-state index >= 15 is 0 Å². The fourth-order valence-corrected chi connectivity index (χ4v) is 3.02. The first kappa shape index (κ1) is 23.6. The Bertz CT molecular complexity index is 757. The largest absolute Gasteiger partial charge is 0.460 e. The van der Waals surface area contributed by atoms with E-state index in [1.165, 1.54) is 0 Å². The summed E-state index contributed by atoms with van der Waals surface area (Å²) in [6, 6.07) is 19.8. The van der Waals surface area contributed by atoms with Crippen LogP contribution < -0.4 is 0 Å². The number of ether oxygens (including phenoxy) is 3. The van der Waals surface area contributed by atoms with Crippen LogP contribution >= 0.6 is 0 Å². The Kier molecular flexibility index (Phi) is 10.6. The van der Waals surface area contributed by atoms with Crippen molar-refractivity contribution in [1.82, 2.24) is 0 Å². The SMILES string of the molecule is C=CC[C@H](CCC(=O)O[C@H](C)[C@@H](C=C)OCc1ccccc1)OCc1ccccc1. The van der Waals surface area contributed by atoms with Gasteiger partial charge < -0.3 is 14.2 Å². The Morgan fingerprint density at radius 3 is 2.03 bits per heavy atom. The molecule has 0 saturated heterocycles. The maximum Gasteiger partial charge on any atom is 0.306 e. The molecule has 30 heavy (non-hydrogen) atoms. The third kappa shape index (κ3) is 8.76. The molecule has 0 aliphatic rings. The molecular formula is C26H32O4. The van der Waals surface area contributed by atoms with Gasteiger partial charge in [-0.3, -0.25) is 4.79 Å². The third-order valence-corrected chi connectivity index (χ3v) is 4.73. The average Bonchev–Trinajstić information content (AvgIpc) is 2.77. The van der Waals surface area contributed by atoms with Crippen LogP contribution in [0.3, 0.4) is 0 Å². The maximum atomic E-state index is 12.3. The fraction of sp³-hybridized carbons (Fsp3) is 0.346. The van der Waals surface area contributed by atoms with Crippen LogP contribution in [0.25, 0.3) is 0 Å². The van der Waals surface area contributed by atoms with Crippen molar-refractivity contribution < 1.29 is 19.0 Å². The normalized spacial score (nSPS) is 13.8. The van der Waals surface area contributed by atoms with E-state index in [2.05, 4.69) is 13.2 Å². The van der Waals surface area contributed by atoms with E-state index in [-0.39, 0.29) is 24.6 Å². The molecule has 0 saturated carbocycles. The molecule has 2 aromatic carbocycles. The topological polar surface area (TPSA) is 44.8 Å². The fourth-order valence-electron chi connectivity index (χ4n) is 3.02. The van der Waals surface area contributed by atoms with E-state index < -0.39 is 6.10 Å². The number of benzene rings is 2. The van der Waals surface area contributed by atoms with Crippen molar-refractivity contribution in [3.63, 3.8) is 0 Å². The average molecular weight is 409 g/mol. The van der Waals surface area contributed by atoms with Gasteiger partial charge in [-0.15, -0.1) is 13.2 Å². The molecule has 0 N–H and O–H groups in total.